The summed E-state index contributed by atoms with van der Waals surface area (Å²) in [5, 5.41) is 0.692. The van der Waals surface area contributed by atoms with Crippen LogP contribution in [0.5, 0.6) is 5.75 Å². The molecular weight excluding hydrogens is 531 g/mol. The Morgan fingerprint density at radius 3 is 2.37 bits per heavy atom. The number of aromatic nitrogens is 1. The van der Waals surface area contributed by atoms with Crippen LogP contribution in [0.15, 0.2) is 77.7 Å². The van der Waals surface area contributed by atoms with Gasteiger partial charge in [-0.05, 0) is 56.7 Å². The maximum Gasteiger partial charge on any atom is 0.416 e. The highest BCUT2D eigenvalue weighted by molar-refractivity contribution is 7.98. The number of nitrogens with zero attached hydrogens (tertiary/aromatic N) is 1. The van der Waals surface area contributed by atoms with E-state index in [9.17, 15) is 18.0 Å². The van der Waals surface area contributed by atoms with Crippen molar-refractivity contribution in [3.05, 3.63) is 100 Å². The molecule has 9 heteroatoms. The maximum absolute atomic E-state index is 12.9. The smallest absolute Gasteiger partial charge is 0.416 e. The van der Waals surface area contributed by atoms with E-state index in [1.165, 1.54) is 23.5 Å². The lowest BCUT2D eigenvalue weighted by atomic mass is 10.1. The molecule has 198 valence electrons. The Kier molecular flexibility index (Phi) is 8.79. The second-order valence-electron chi connectivity index (χ2n) is 8.48. The third-order valence-electron chi connectivity index (χ3n) is 5.72. The van der Waals surface area contributed by atoms with Crippen LogP contribution >= 0.6 is 23.1 Å². The van der Waals surface area contributed by atoms with Crippen molar-refractivity contribution in [1.82, 2.24) is 4.98 Å². The molecule has 1 atom stereocenters. The van der Waals surface area contributed by atoms with Gasteiger partial charge in [0.25, 0.3) is 0 Å². The van der Waals surface area contributed by atoms with Crippen LogP contribution in [0.1, 0.15) is 40.3 Å². The molecule has 0 saturated heterocycles. The van der Waals surface area contributed by atoms with E-state index in [0.29, 0.717) is 27.6 Å². The largest absolute Gasteiger partial charge is 0.474 e. The van der Waals surface area contributed by atoms with Gasteiger partial charge in [0.1, 0.15) is 10.8 Å². The van der Waals surface area contributed by atoms with Crippen LogP contribution in [-0.4, -0.2) is 17.6 Å². The van der Waals surface area contributed by atoms with Gasteiger partial charge in [0, 0.05) is 26.7 Å². The van der Waals surface area contributed by atoms with Gasteiger partial charge < -0.3 is 9.47 Å². The van der Waals surface area contributed by atoms with E-state index in [4.69, 9.17) is 9.47 Å². The Hall–Kier alpha value is -3.30. The van der Waals surface area contributed by atoms with E-state index in [0.717, 1.165) is 33.2 Å². The molecule has 0 spiro atoms. The first-order chi connectivity index (χ1) is 18.2. The van der Waals surface area contributed by atoms with Crippen molar-refractivity contribution in [2.75, 3.05) is 6.61 Å². The topological polar surface area (TPSA) is 48.4 Å². The third-order valence-corrected chi connectivity index (χ3v) is 8.13. The number of rotatable bonds is 9. The minimum absolute atomic E-state index is 0.262. The van der Waals surface area contributed by atoms with E-state index in [2.05, 4.69) is 4.98 Å². The number of esters is 1. The molecule has 3 aromatic carbocycles. The number of aryl methyl sites for hydroxylation is 2. The van der Waals surface area contributed by atoms with Crippen LogP contribution < -0.4 is 4.74 Å². The Morgan fingerprint density at radius 1 is 1.03 bits per heavy atom. The summed E-state index contributed by atoms with van der Waals surface area (Å²) in [7, 11) is 0. The van der Waals surface area contributed by atoms with Gasteiger partial charge in [-0.3, -0.25) is 0 Å². The normalized spacial score (nSPS) is 12.3. The number of hydrogen-bond donors (Lipinski definition) is 0. The number of hydrogen-bond acceptors (Lipinski definition) is 6. The van der Waals surface area contributed by atoms with Crippen LogP contribution in [0, 0.1) is 13.8 Å². The van der Waals surface area contributed by atoms with Gasteiger partial charge in [-0.2, -0.15) is 13.2 Å². The first-order valence-corrected chi connectivity index (χ1v) is 13.7. The standard InChI is InChI=1S/C29H26F3NO3S2/c1-4-35-28(34)26(20-8-6-5-7-9-20)36-24-15-14-23(16-18(24)2)37-17-25-19(3)33-27(38-25)21-10-12-22(13-11-21)29(30,31)32/h5-16,26H,4,17H2,1-3H3. The SMILES string of the molecule is CCOC(=O)C(Oc1ccc(SCc2sc(-c3ccc(C(F)(F)F)cc3)nc2C)cc1C)c1ccccc1. The Morgan fingerprint density at radius 2 is 1.74 bits per heavy atom. The van der Waals surface area contributed by atoms with E-state index in [1.54, 1.807) is 18.7 Å². The van der Waals surface area contributed by atoms with Gasteiger partial charge in [0.2, 0.25) is 6.10 Å². The highest BCUT2D eigenvalue weighted by Crippen LogP contribution is 2.36. The maximum atomic E-state index is 12.9. The number of halogens is 3. The van der Waals surface area contributed by atoms with E-state index < -0.39 is 23.8 Å². The Bertz CT molecular complexity index is 1390. The van der Waals surface area contributed by atoms with E-state index in [1.807, 2.05) is 62.4 Å². The zero-order valence-electron chi connectivity index (χ0n) is 21.0. The highest BCUT2D eigenvalue weighted by Gasteiger charge is 2.30. The Balaban J connectivity index is 1.44. The van der Waals surface area contributed by atoms with Crippen LogP contribution in [-0.2, 0) is 21.5 Å². The fourth-order valence-corrected chi connectivity index (χ4v) is 5.91. The van der Waals surface area contributed by atoms with Gasteiger partial charge in [-0.1, -0.05) is 42.5 Å². The van der Waals surface area contributed by atoms with Crippen LogP contribution in [0.4, 0.5) is 13.2 Å². The predicted molar refractivity (Wildman–Crippen MR) is 144 cm³/mol. The first kappa shape index (κ1) is 27.7. The van der Waals surface area contributed by atoms with Gasteiger partial charge in [0.15, 0.2) is 0 Å². The summed E-state index contributed by atoms with van der Waals surface area (Å²) in [6.45, 7) is 5.85. The summed E-state index contributed by atoms with van der Waals surface area (Å²) in [5.41, 5.74) is 2.44. The van der Waals surface area contributed by atoms with Crippen molar-refractivity contribution in [1.29, 1.82) is 0 Å². The molecule has 4 nitrogen and oxygen atoms in total. The summed E-state index contributed by atoms with van der Waals surface area (Å²) in [6, 6.07) is 20.1. The number of ether oxygens (including phenoxy) is 2. The van der Waals surface area contributed by atoms with Crippen LogP contribution in [0.2, 0.25) is 0 Å². The second-order valence-corrected chi connectivity index (χ2v) is 10.6. The molecule has 0 N–H and O–H groups in total. The highest BCUT2D eigenvalue weighted by atomic mass is 32.2. The van der Waals surface area contributed by atoms with Crippen molar-refractivity contribution in [3.8, 4) is 16.3 Å². The molecule has 1 unspecified atom stereocenters. The fourth-order valence-electron chi connectivity index (χ4n) is 3.70. The third kappa shape index (κ3) is 6.76. The number of carbonyl (C=O) groups excluding carboxylic acids is 1. The molecule has 0 radical (unpaired) electrons. The van der Waals surface area contributed by atoms with Gasteiger partial charge in [-0.15, -0.1) is 23.1 Å². The second kappa shape index (κ2) is 12.0. The summed E-state index contributed by atoms with van der Waals surface area (Å²) in [6.07, 6.45) is -5.23. The molecule has 1 aromatic heterocycles. The number of thiazole rings is 1. The summed E-state index contributed by atoms with van der Waals surface area (Å²) in [5.74, 6) is 0.815. The Labute approximate surface area is 227 Å². The zero-order chi connectivity index (χ0) is 27.3. The van der Waals surface area contributed by atoms with Gasteiger partial charge in [-0.25, -0.2) is 9.78 Å². The van der Waals surface area contributed by atoms with Crippen molar-refractivity contribution in [2.24, 2.45) is 0 Å². The first-order valence-electron chi connectivity index (χ1n) is 11.9. The van der Waals surface area contributed by atoms with Crippen molar-refractivity contribution >= 4 is 29.1 Å². The number of alkyl halides is 3. The molecule has 0 aliphatic heterocycles. The number of benzene rings is 3. The summed E-state index contributed by atoms with van der Waals surface area (Å²) >= 11 is 3.11. The number of carbonyl (C=O) groups is 1. The zero-order valence-corrected chi connectivity index (χ0v) is 22.7. The van der Waals surface area contributed by atoms with Crippen LogP contribution in [0.3, 0.4) is 0 Å². The van der Waals surface area contributed by atoms with Crippen molar-refractivity contribution < 1.29 is 27.4 Å². The molecule has 0 fully saturated rings. The van der Waals surface area contributed by atoms with Crippen molar-refractivity contribution in [2.45, 2.75) is 43.7 Å². The lowest BCUT2D eigenvalue weighted by Gasteiger charge is -2.19. The molecule has 0 saturated carbocycles. The molecule has 0 amide bonds. The predicted octanol–water partition coefficient (Wildman–Crippen LogP) is 8.42. The summed E-state index contributed by atoms with van der Waals surface area (Å²) in [4.78, 5) is 19.2. The van der Waals surface area contributed by atoms with Crippen LogP contribution in [0.25, 0.3) is 10.6 Å². The van der Waals surface area contributed by atoms with Gasteiger partial charge >= 0.3 is 12.1 Å². The molecule has 0 aliphatic rings. The molecular formula is C29H26F3NO3S2. The molecule has 38 heavy (non-hydrogen) atoms. The average molecular weight is 558 g/mol. The number of thioether (sulfide) groups is 1. The molecule has 1 heterocycles. The average Bonchev–Trinajstić information content (AvgIpc) is 3.27. The lowest BCUT2D eigenvalue weighted by Crippen LogP contribution is -2.21. The minimum atomic E-state index is -4.36. The van der Waals surface area contributed by atoms with Gasteiger partial charge in [0.05, 0.1) is 17.9 Å². The van der Waals surface area contributed by atoms with E-state index in [-0.39, 0.29) is 6.61 Å². The minimum Gasteiger partial charge on any atom is -0.474 e. The molecule has 0 bridgehead atoms. The molecule has 4 rings (SSSR count). The van der Waals surface area contributed by atoms with Crippen molar-refractivity contribution in [3.63, 3.8) is 0 Å². The molecule has 4 aromatic rings. The quantitative estimate of drug-likeness (QED) is 0.153. The fraction of sp³-hybridized carbons (Fsp3) is 0.241. The monoisotopic (exact) mass is 557 g/mol. The summed E-state index contributed by atoms with van der Waals surface area (Å²) < 4.78 is 49.9. The lowest BCUT2D eigenvalue weighted by molar-refractivity contribution is -0.151. The van der Waals surface area contributed by atoms with E-state index >= 15 is 0 Å². The molecule has 0 aliphatic carbocycles.